The van der Waals surface area contributed by atoms with Crippen LogP contribution < -0.4 is 10.6 Å². The van der Waals surface area contributed by atoms with E-state index in [0.29, 0.717) is 44.1 Å². The lowest BCUT2D eigenvalue weighted by Crippen LogP contribution is -2.19. The number of benzene rings is 1. The summed E-state index contributed by atoms with van der Waals surface area (Å²) in [7, 11) is 0. The number of anilines is 2. The summed E-state index contributed by atoms with van der Waals surface area (Å²) in [6, 6.07) is 6.34. The normalized spacial score (nSPS) is 17.5. The van der Waals surface area contributed by atoms with Gasteiger partial charge in [-0.3, -0.25) is 9.59 Å². The highest BCUT2D eigenvalue weighted by molar-refractivity contribution is 7.17. The number of thiophene rings is 2. The Labute approximate surface area is 266 Å². The van der Waals surface area contributed by atoms with Crippen LogP contribution in [0.4, 0.5) is 10.0 Å². The summed E-state index contributed by atoms with van der Waals surface area (Å²) in [6.07, 6.45) is 4.70. The van der Waals surface area contributed by atoms with Crippen molar-refractivity contribution >= 4 is 56.4 Å². The van der Waals surface area contributed by atoms with Crippen LogP contribution in [0.1, 0.15) is 117 Å². The fourth-order valence-corrected chi connectivity index (χ4v) is 8.57. The summed E-state index contributed by atoms with van der Waals surface area (Å²) in [4.78, 5) is 54.9. The lowest BCUT2D eigenvalue weighted by Gasteiger charge is -2.19. The molecule has 0 fully saturated rings. The predicted molar refractivity (Wildman–Crippen MR) is 174 cm³/mol. The van der Waals surface area contributed by atoms with Crippen LogP contribution in [-0.4, -0.2) is 36.0 Å². The van der Waals surface area contributed by atoms with Crippen LogP contribution >= 0.6 is 22.7 Å². The Hall–Kier alpha value is -3.50. The second kappa shape index (κ2) is 13.2. The number of rotatable bonds is 8. The van der Waals surface area contributed by atoms with E-state index in [1.54, 1.807) is 52.0 Å². The third-order valence-electron chi connectivity index (χ3n) is 7.98. The van der Waals surface area contributed by atoms with Crippen LogP contribution in [0.5, 0.6) is 0 Å². The predicted octanol–water partition coefficient (Wildman–Crippen LogP) is 7.69. The molecule has 0 saturated heterocycles. The number of amides is 2. The van der Waals surface area contributed by atoms with Gasteiger partial charge in [0.25, 0.3) is 11.8 Å². The van der Waals surface area contributed by atoms with E-state index >= 15 is 0 Å². The summed E-state index contributed by atoms with van der Waals surface area (Å²) in [5, 5.41) is 6.87. The van der Waals surface area contributed by atoms with Crippen molar-refractivity contribution in [2.45, 2.75) is 92.3 Å². The van der Waals surface area contributed by atoms with Crippen molar-refractivity contribution in [1.82, 2.24) is 0 Å². The Kier molecular flexibility index (Phi) is 9.60. The van der Waals surface area contributed by atoms with Crippen LogP contribution in [0.25, 0.3) is 0 Å². The van der Waals surface area contributed by atoms with Crippen molar-refractivity contribution in [1.29, 1.82) is 0 Å². The monoisotopic (exact) mass is 636 g/mol. The number of carbonyl (C=O) groups excluding carboxylic acids is 4. The second-order valence-corrected chi connectivity index (χ2v) is 14.7. The Morgan fingerprint density at radius 1 is 0.682 bits per heavy atom. The number of fused-ring (bicyclic) bond motifs is 2. The molecule has 0 radical (unpaired) electrons. The van der Waals surface area contributed by atoms with Gasteiger partial charge in [0.05, 0.1) is 23.3 Å². The summed E-state index contributed by atoms with van der Waals surface area (Å²) in [5.74, 6) is -0.566. The van der Waals surface area contributed by atoms with E-state index in [1.807, 2.05) is 0 Å². The first-order chi connectivity index (χ1) is 20.9. The minimum atomic E-state index is -0.421. The average Bonchev–Trinajstić information content (AvgIpc) is 3.48. The smallest absolute Gasteiger partial charge is 0.341 e. The first-order valence-corrected chi connectivity index (χ1v) is 17.0. The molecule has 10 heteroatoms. The molecule has 2 aliphatic carbocycles. The van der Waals surface area contributed by atoms with Gasteiger partial charge in [-0.2, -0.15) is 0 Å². The van der Waals surface area contributed by atoms with E-state index in [9.17, 15) is 19.2 Å². The standard InChI is InChI=1S/C34H40N2O6S2/c1-17(2)41-33(39)27-23-13-7-19(5)15-25(23)43-31(27)35-29(37)21-9-11-22(12-10-21)30(38)36-32-28(34(40)42-18(3)4)24-14-8-20(6)16-26(24)44-32/h9-12,17-20H,7-8,13-16H2,1-6H3,(H,35,37)(H,36,38). The fraction of sp³-hybridized carbons (Fsp3) is 0.471. The summed E-state index contributed by atoms with van der Waals surface area (Å²) >= 11 is 2.88. The molecule has 1 aromatic carbocycles. The van der Waals surface area contributed by atoms with E-state index in [2.05, 4.69) is 24.5 Å². The van der Waals surface area contributed by atoms with Crippen molar-refractivity contribution in [3.63, 3.8) is 0 Å². The number of hydrogen-bond donors (Lipinski definition) is 2. The molecule has 3 aromatic rings. The third-order valence-corrected chi connectivity index (χ3v) is 10.3. The molecular formula is C34H40N2O6S2. The maximum Gasteiger partial charge on any atom is 0.341 e. The molecule has 0 aliphatic heterocycles. The Bertz CT molecular complexity index is 1470. The minimum Gasteiger partial charge on any atom is -0.459 e. The zero-order valence-corrected chi connectivity index (χ0v) is 27.8. The second-order valence-electron chi connectivity index (χ2n) is 12.5. The molecule has 0 bridgehead atoms. The van der Waals surface area contributed by atoms with Gasteiger partial charge >= 0.3 is 11.9 Å². The van der Waals surface area contributed by atoms with Crippen LogP contribution in [-0.2, 0) is 35.2 Å². The average molecular weight is 637 g/mol. The molecule has 0 spiro atoms. The van der Waals surface area contributed by atoms with Crippen molar-refractivity contribution in [2.24, 2.45) is 11.8 Å². The van der Waals surface area contributed by atoms with Crippen molar-refractivity contribution in [3.8, 4) is 0 Å². The quantitative estimate of drug-likeness (QED) is 0.245. The van der Waals surface area contributed by atoms with Crippen LogP contribution in [0, 0.1) is 11.8 Å². The van der Waals surface area contributed by atoms with Gasteiger partial charge in [0.1, 0.15) is 10.0 Å². The number of carbonyl (C=O) groups is 4. The van der Waals surface area contributed by atoms with E-state index in [0.717, 1.165) is 59.4 Å². The highest BCUT2D eigenvalue weighted by Gasteiger charge is 2.31. The number of ether oxygens (including phenoxy) is 2. The number of esters is 2. The molecule has 0 saturated carbocycles. The van der Waals surface area contributed by atoms with Gasteiger partial charge < -0.3 is 20.1 Å². The lowest BCUT2D eigenvalue weighted by molar-refractivity contribution is 0.0367. The molecule has 44 heavy (non-hydrogen) atoms. The van der Waals surface area contributed by atoms with E-state index < -0.39 is 11.9 Å². The highest BCUT2D eigenvalue weighted by atomic mass is 32.1. The molecule has 2 aromatic heterocycles. The Morgan fingerprint density at radius 3 is 1.39 bits per heavy atom. The largest absolute Gasteiger partial charge is 0.459 e. The Balaban J connectivity index is 1.34. The molecule has 2 aliphatic rings. The molecule has 5 rings (SSSR count). The molecule has 234 valence electrons. The molecule has 2 N–H and O–H groups in total. The van der Waals surface area contributed by atoms with Gasteiger partial charge in [-0.15, -0.1) is 22.7 Å². The van der Waals surface area contributed by atoms with Gasteiger partial charge in [0, 0.05) is 20.9 Å². The van der Waals surface area contributed by atoms with Crippen molar-refractivity contribution < 1.29 is 28.7 Å². The first kappa shape index (κ1) is 31.9. The summed E-state index contributed by atoms with van der Waals surface area (Å²) in [6.45, 7) is 11.6. The SMILES string of the molecule is CC1CCc2c(sc(NC(=O)c3ccc(C(=O)Nc4sc5c(c4C(=O)OC(C)C)CCC(C)C5)cc3)c2C(=O)OC(C)C)C1. The maximum absolute atomic E-state index is 13.3. The molecular weight excluding hydrogens is 597 g/mol. The van der Waals surface area contributed by atoms with E-state index in [4.69, 9.17) is 9.47 Å². The van der Waals surface area contributed by atoms with Gasteiger partial charge in [0.15, 0.2) is 0 Å². The van der Waals surface area contributed by atoms with Crippen LogP contribution in [0.3, 0.4) is 0 Å². The van der Waals surface area contributed by atoms with Crippen LogP contribution in [0.2, 0.25) is 0 Å². The maximum atomic E-state index is 13.3. The van der Waals surface area contributed by atoms with Gasteiger partial charge in [-0.05, 0) is 113 Å². The van der Waals surface area contributed by atoms with Gasteiger partial charge in [-0.1, -0.05) is 13.8 Å². The van der Waals surface area contributed by atoms with E-state index in [1.165, 1.54) is 22.7 Å². The van der Waals surface area contributed by atoms with Crippen molar-refractivity contribution in [2.75, 3.05) is 10.6 Å². The molecule has 2 heterocycles. The third kappa shape index (κ3) is 6.91. The molecule has 2 unspecified atom stereocenters. The summed E-state index contributed by atoms with van der Waals surface area (Å²) in [5.41, 5.74) is 3.56. The summed E-state index contributed by atoms with van der Waals surface area (Å²) < 4.78 is 11.0. The topological polar surface area (TPSA) is 111 Å². The molecule has 2 atom stereocenters. The van der Waals surface area contributed by atoms with Crippen molar-refractivity contribution in [3.05, 3.63) is 67.4 Å². The number of nitrogens with one attached hydrogen (secondary N) is 2. The molecule has 2 amide bonds. The van der Waals surface area contributed by atoms with Crippen LogP contribution in [0.15, 0.2) is 24.3 Å². The highest BCUT2D eigenvalue weighted by Crippen LogP contribution is 2.41. The van der Waals surface area contributed by atoms with Gasteiger partial charge in [-0.25, -0.2) is 9.59 Å². The zero-order chi connectivity index (χ0) is 31.7. The fourth-order valence-electron chi connectivity index (χ4n) is 5.78. The lowest BCUT2D eigenvalue weighted by atomic mass is 9.88. The minimum absolute atomic E-state index is 0.275. The van der Waals surface area contributed by atoms with Gasteiger partial charge in [0.2, 0.25) is 0 Å². The molecule has 8 nitrogen and oxygen atoms in total. The zero-order valence-electron chi connectivity index (χ0n) is 26.1. The van der Waals surface area contributed by atoms with E-state index in [-0.39, 0.29) is 24.0 Å². The number of hydrogen-bond acceptors (Lipinski definition) is 8. The first-order valence-electron chi connectivity index (χ1n) is 15.3. The Morgan fingerprint density at radius 2 is 1.05 bits per heavy atom.